The smallest absolute Gasteiger partial charge is 0.461 e. The molecule has 2 N–H and O–H groups in total. The van der Waals surface area contributed by atoms with Gasteiger partial charge in [-0.15, -0.1) is 11.3 Å². The third kappa shape index (κ3) is 10.3. The second-order valence-electron chi connectivity index (χ2n) is 13.0. The molecule has 15 nitrogen and oxygen atoms in total. The fourth-order valence-electron chi connectivity index (χ4n) is 5.85. The maximum absolute atomic E-state index is 14.9. The van der Waals surface area contributed by atoms with Gasteiger partial charge in [-0.2, -0.15) is 19.7 Å². The number of aromatic nitrogens is 6. The third-order valence-electron chi connectivity index (χ3n) is 8.44. The molecule has 19 heteroatoms. The van der Waals surface area contributed by atoms with Crippen molar-refractivity contribution < 1.29 is 41.5 Å². The van der Waals surface area contributed by atoms with Gasteiger partial charge in [0.2, 0.25) is 5.95 Å². The molecule has 0 radical (unpaired) electrons. The van der Waals surface area contributed by atoms with E-state index in [0.29, 0.717) is 17.2 Å². The van der Waals surface area contributed by atoms with Crippen LogP contribution in [-0.2, 0) is 30.1 Å². The number of esters is 1. The molecular formula is C36H41F2N8O7PS. The Morgan fingerprint density at radius 2 is 1.78 bits per heavy atom. The minimum absolute atomic E-state index is 0.0109. The van der Waals surface area contributed by atoms with E-state index < -0.39 is 37.4 Å². The number of nitrogens with one attached hydrogen (secondary N) is 2. The van der Waals surface area contributed by atoms with Crippen molar-refractivity contribution in [2.75, 3.05) is 11.9 Å². The Morgan fingerprint density at radius 1 is 1.02 bits per heavy atom. The lowest BCUT2D eigenvalue weighted by molar-refractivity contribution is -0.149. The van der Waals surface area contributed by atoms with Gasteiger partial charge in [0.25, 0.3) is 5.91 Å². The maximum atomic E-state index is 14.9. The Morgan fingerprint density at radius 3 is 2.51 bits per heavy atom. The van der Waals surface area contributed by atoms with E-state index in [9.17, 15) is 22.9 Å². The van der Waals surface area contributed by atoms with Crippen molar-refractivity contribution in [3.05, 3.63) is 83.9 Å². The minimum atomic E-state index is -4.15. The van der Waals surface area contributed by atoms with Crippen LogP contribution in [0.1, 0.15) is 69.9 Å². The number of rotatable bonds is 16. The summed E-state index contributed by atoms with van der Waals surface area (Å²) < 4.78 is 68.3. The largest absolute Gasteiger partial charge is 0.462 e. The summed E-state index contributed by atoms with van der Waals surface area (Å²) in [5, 5.41) is 16.2. The Kier molecular flexibility index (Phi) is 12.8. The van der Waals surface area contributed by atoms with E-state index >= 15 is 0 Å². The summed E-state index contributed by atoms with van der Waals surface area (Å²) in [7, 11) is -4.15. The van der Waals surface area contributed by atoms with Crippen molar-refractivity contribution in [2.45, 2.75) is 84.4 Å². The number of benzene rings is 1. The van der Waals surface area contributed by atoms with Gasteiger partial charge < -0.3 is 19.3 Å². The van der Waals surface area contributed by atoms with E-state index in [-0.39, 0.29) is 53.5 Å². The van der Waals surface area contributed by atoms with Crippen molar-refractivity contribution in [1.29, 1.82) is 0 Å². The van der Waals surface area contributed by atoms with Crippen molar-refractivity contribution in [3.8, 4) is 27.7 Å². The van der Waals surface area contributed by atoms with Gasteiger partial charge in [-0.05, 0) is 77.6 Å². The Bertz CT molecular complexity index is 2140. The maximum Gasteiger partial charge on any atom is 0.461 e. The molecule has 1 amide bonds. The van der Waals surface area contributed by atoms with Crippen molar-refractivity contribution in [1.82, 2.24) is 34.6 Å². The normalized spacial score (nSPS) is 17.4. The topological polar surface area (TPSA) is 174 Å². The first kappa shape index (κ1) is 39.8. The molecule has 1 fully saturated rings. The summed E-state index contributed by atoms with van der Waals surface area (Å²) in [6.45, 7) is 7.12. The van der Waals surface area contributed by atoms with Gasteiger partial charge in [-0.1, -0.05) is 18.2 Å². The highest BCUT2D eigenvalue weighted by molar-refractivity contribution is 7.52. The number of halogens is 2. The van der Waals surface area contributed by atoms with Gasteiger partial charge in [-0.25, -0.2) is 23.6 Å². The van der Waals surface area contributed by atoms with Crippen molar-refractivity contribution in [3.63, 3.8) is 0 Å². The van der Waals surface area contributed by atoms with Crippen LogP contribution in [0, 0.1) is 11.8 Å². The van der Waals surface area contributed by atoms with Crippen LogP contribution in [0.2, 0.25) is 0 Å². The quantitative estimate of drug-likeness (QED) is 0.0576. The molecule has 1 saturated carbocycles. The molecule has 292 valence electrons. The average molecular weight is 799 g/mol. The van der Waals surface area contributed by atoms with Crippen LogP contribution in [0.25, 0.3) is 22.0 Å². The lowest BCUT2D eigenvalue weighted by Gasteiger charge is -2.28. The number of anilines is 1. The number of hydrogen-bond acceptors (Lipinski definition) is 12. The van der Waals surface area contributed by atoms with Crippen molar-refractivity contribution in [2.24, 2.45) is 0 Å². The SMILES string of the molecule is CCO[C@H]1CC[C@H](n2cc(NC(=O)c3csc(-c4cnn(COP(=O)(N[C@H](C)C(=O)OC(C)C)Oc5ccccc5)c4)n3)c(-c3nc(F)ccc3F)n2)CC1. The lowest BCUT2D eigenvalue weighted by Crippen LogP contribution is -2.36. The number of hydrogen-bond donors (Lipinski definition) is 2. The van der Waals surface area contributed by atoms with E-state index in [0.717, 1.165) is 37.8 Å². The molecule has 2 atom stereocenters. The number of pyridine rings is 1. The average Bonchev–Trinajstić information content (AvgIpc) is 3.93. The van der Waals surface area contributed by atoms with Gasteiger partial charge in [0.05, 0.1) is 30.1 Å². The van der Waals surface area contributed by atoms with E-state index in [4.69, 9.17) is 18.5 Å². The van der Waals surface area contributed by atoms with E-state index in [2.05, 4.69) is 30.6 Å². The molecule has 0 spiro atoms. The molecule has 0 saturated heterocycles. The Labute approximate surface area is 320 Å². The minimum Gasteiger partial charge on any atom is -0.462 e. The molecule has 0 aliphatic heterocycles. The van der Waals surface area contributed by atoms with E-state index in [1.807, 2.05) is 6.92 Å². The molecule has 55 heavy (non-hydrogen) atoms. The number of amides is 1. The lowest BCUT2D eigenvalue weighted by atomic mass is 9.93. The monoisotopic (exact) mass is 798 g/mol. The van der Waals surface area contributed by atoms with Crippen LogP contribution >= 0.6 is 19.1 Å². The van der Waals surface area contributed by atoms with Crippen LogP contribution < -0.4 is 14.9 Å². The first-order valence-electron chi connectivity index (χ1n) is 17.7. The summed E-state index contributed by atoms with van der Waals surface area (Å²) in [5.74, 6) is -2.67. The molecule has 4 aromatic heterocycles. The van der Waals surface area contributed by atoms with Crippen molar-refractivity contribution >= 4 is 36.6 Å². The Hall–Kier alpha value is -4.87. The molecule has 4 heterocycles. The number of nitrogens with zero attached hydrogens (tertiary/aromatic N) is 6. The number of para-hydroxylation sites is 1. The first-order chi connectivity index (χ1) is 26.4. The fourth-order valence-corrected chi connectivity index (χ4v) is 8.06. The molecule has 5 aromatic rings. The van der Waals surface area contributed by atoms with Gasteiger partial charge >= 0.3 is 13.7 Å². The third-order valence-corrected chi connectivity index (χ3v) is 10.9. The van der Waals surface area contributed by atoms with Crippen LogP contribution in [0.3, 0.4) is 0 Å². The molecular weight excluding hydrogens is 757 g/mol. The number of ether oxygens (including phenoxy) is 2. The summed E-state index contributed by atoms with van der Waals surface area (Å²) in [4.78, 5) is 34.2. The van der Waals surface area contributed by atoms with Gasteiger partial charge in [-0.3, -0.25) is 18.8 Å². The highest BCUT2D eigenvalue weighted by atomic mass is 32.1. The van der Waals surface area contributed by atoms with Crippen LogP contribution in [0.5, 0.6) is 5.75 Å². The first-order valence-corrected chi connectivity index (χ1v) is 20.1. The van der Waals surface area contributed by atoms with E-state index in [1.165, 1.54) is 29.1 Å². The summed E-state index contributed by atoms with van der Waals surface area (Å²) in [6.07, 6.45) is 7.58. The summed E-state index contributed by atoms with van der Waals surface area (Å²) in [6, 6.07) is 9.15. The van der Waals surface area contributed by atoms with Crippen LogP contribution in [0.15, 0.2) is 66.4 Å². The number of carbonyl (C=O) groups is 2. The zero-order valence-corrected chi connectivity index (χ0v) is 32.3. The Balaban J connectivity index is 1.16. The number of thiazole rings is 1. The molecule has 1 aliphatic carbocycles. The zero-order chi connectivity index (χ0) is 39.1. The number of carbonyl (C=O) groups excluding carboxylic acids is 2. The fraction of sp³-hybridized carbons (Fsp3) is 0.389. The molecule has 6 rings (SSSR count). The van der Waals surface area contributed by atoms with E-state index in [1.54, 1.807) is 66.6 Å². The molecule has 0 bridgehead atoms. The van der Waals surface area contributed by atoms with Crippen LogP contribution in [-0.4, -0.2) is 66.3 Å². The highest BCUT2D eigenvalue weighted by Crippen LogP contribution is 2.45. The molecule has 1 aliphatic rings. The second-order valence-corrected chi connectivity index (χ2v) is 15.5. The van der Waals surface area contributed by atoms with Crippen LogP contribution in [0.4, 0.5) is 14.5 Å². The standard InChI is InChI=1S/C36H41F2N8O7PS/c1-5-50-26-13-11-25(12-14-26)46-19-29(33(43-46)32-28(37)15-16-31(38)42-32)40-34(47)30-20-55-35(41-30)24-17-39-45(18-24)21-51-54(49,53-27-9-7-6-8-10-27)44-23(4)36(48)52-22(2)3/h6-10,15-20,22-23,25-26H,5,11-14,21H2,1-4H3,(H,40,47)(H,44,49)/t23-,25-,26-,54?/m1/s1. The predicted molar refractivity (Wildman–Crippen MR) is 199 cm³/mol. The van der Waals surface area contributed by atoms with Gasteiger partial charge in [0.15, 0.2) is 12.5 Å². The molecule has 1 aromatic carbocycles. The molecule has 1 unspecified atom stereocenters. The predicted octanol–water partition coefficient (Wildman–Crippen LogP) is 7.41. The zero-order valence-electron chi connectivity index (χ0n) is 30.6. The van der Waals surface area contributed by atoms with Gasteiger partial charge in [0, 0.05) is 29.9 Å². The van der Waals surface area contributed by atoms with Gasteiger partial charge in [0.1, 0.15) is 33.9 Å². The second kappa shape index (κ2) is 17.7. The highest BCUT2D eigenvalue weighted by Gasteiger charge is 2.33. The summed E-state index contributed by atoms with van der Waals surface area (Å²) >= 11 is 1.17. The summed E-state index contributed by atoms with van der Waals surface area (Å²) in [5.41, 5.74) is 0.388.